The third-order valence-corrected chi connectivity index (χ3v) is 4.62. The highest BCUT2D eigenvalue weighted by Crippen LogP contribution is 2.18. The molecule has 4 heteroatoms. The topological polar surface area (TPSA) is 50.5 Å². The van der Waals surface area contributed by atoms with Crippen molar-refractivity contribution in [2.75, 3.05) is 32.7 Å². The summed E-state index contributed by atoms with van der Waals surface area (Å²) in [5.74, 6) is 0.386. The van der Waals surface area contributed by atoms with Crippen LogP contribution in [-0.2, 0) is 13.0 Å². The molecule has 0 atom stereocenters. The van der Waals surface area contributed by atoms with Gasteiger partial charge in [0.25, 0.3) is 0 Å². The number of phenolic OH excluding ortho intramolecular Hbond substituents is 1. The van der Waals surface area contributed by atoms with Gasteiger partial charge in [0.15, 0.2) is 0 Å². The quantitative estimate of drug-likeness (QED) is 0.920. The van der Waals surface area contributed by atoms with Crippen molar-refractivity contribution in [1.29, 1.82) is 5.26 Å². The van der Waals surface area contributed by atoms with Crippen LogP contribution in [0, 0.1) is 11.3 Å². The monoisotopic (exact) mass is 321 g/mol. The molecule has 2 aromatic rings. The maximum atomic E-state index is 9.89. The van der Waals surface area contributed by atoms with Gasteiger partial charge in [-0.15, -0.1) is 0 Å². The first-order valence-electron chi connectivity index (χ1n) is 8.45. The highest BCUT2D eigenvalue weighted by atomic mass is 16.3. The predicted molar refractivity (Wildman–Crippen MR) is 94.7 cm³/mol. The van der Waals surface area contributed by atoms with Gasteiger partial charge in [-0.1, -0.05) is 30.3 Å². The fourth-order valence-electron chi connectivity index (χ4n) is 3.14. The fraction of sp³-hybridized carbons (Fsp3) is 0.350. The van der Waals surface area contributed by atoms with E-state index in [9.17, 15) is 5.11 Å². The second-order valence-electron chi connectivity index (χ2n) is 6.31. The molecule has 1 saturated heterocycles. The third-order valence-electron chi connectivity index (χ3n) is 4.62. The van der Waals surface area contributed by atoms with E-state index in [1.54, 1.807) is 6.07 Å². The smallest absolute Gasteiger partial charge is 0.120 e. The zero-order chi connectivity index (χ0) is 16.8. The van der Waals surface area contributed by atoms with Gasteiger partial charge in [-0.3, -0.25) is 4.90 Å². The molecule has 24 heavy (non-hydrogen) atoms. The Labute approximate surface area is 143 Å². The first kappa shape index (κ1) is 16.5. The second-order valence-corrected chi connectivity index (χ2v) is 6.31. The van der Waals surface area contributed by atoms with E-state index in [1.807, 2.05) is 36.4 Å². The first-order chi connectivity index (χ1) is 11.7. The maximum absolute atomic E-state index is 9.89. The van der Waals surface area contributed by atoms with Crippen molar-refractivity contribution in [3.05, 3.63) is 65.2 Å². The lowest BCUT2D eigenvalue weighted by molar-refractivity contribution is 0.127. The molecule has 1 fully saturated rings. The van der Waals surface area contributed by atoms with E-state index in [-0.39, 0.29) is 0 Å². The maximum Gasteiger partial charge on any atom is 0.120 e. The van der Waals surface area contributed by atoms with Crippen LogP contribution >= 0.6 is 0 Å². The van der Waals surface area contributed by atoms with E-state index in [2.05, 4.69) is 21.9 Å². The van der Waals surface area contributed by atoms with Crippen LogP contribution in [0.4, 0.5) is 0 Å². The van der Waals surface area contributed by atoms with E-state index >= 15 is 0 Å². The molecular formula is C20H23N3O. The number of rotatable bonds is 5. The molecule has 0 unspecified atom stereocenters. The van der Waals surface area contributed by atoms with Gasteiger partial charge in [0.1, 0.15) is 5.75 Å². The third kappa shape index (κ3) is 4.35. The highest BCUT2D eigenvalue weighted by Gasteiger charge is 2.17. The minimum Gasteiger partial charge on any atom is -0.508 e. The standard InChI is InChI=1S/C20H23N3O/c21-15-18-5-3-4-17(14-18)8-9-22-10-12-23(13-11-22)16-19-6-1-2-7-20(19)24/h1-7,14,24H,8-13,16H2. The van der Waals surface area contributed by atoms with Crippen LogP contribution in [0.3, 0.4) is 0 Å². The number of benzene rings is 2. The SMILES string of the molecule is N#Cc1cccc(CCN2CCN(Cc3ccccc3O)CC2)c1. The van der Waals surface area contributed by atoms with Gasteiger partial charge in [-0.2, -0.15) is 5.26 Å². The number of piperazine rings is 1. The molecule has 1 heterocycles. The molecule has 0 radical (unpaired) electrons. The molecule has 1 aliphatic heterocycles. The average Bonchev–Trinajstić information content (AvgIpc) is 2.63. The average molecular weight is 321 g/mol. The molecule has 2 aromatic carbocycles. The molecule has 0 amide bonds. The van der Waals surface area contributed by atoms with E-state index in [0.717, 1.165) is 56.8 Å². The second kappa shape index (κ2) is 7.96. The Balaban J connectivity index is 1.45. The van der Waals surface area contributed by atoms with Gasteiger partial charge in [0.2, 0.25) is 0 Å². The van der Waals surface area contributed by atoms with Crippen LogP contribution < -0.4 is 0 Å². The Bertz CT molecular complexity index is 715. The normalized spacial score (nSPS) is 16.0. The Hall–Kier alpha value is -2.35. The molecule has 3 rings (SSSR count). The Morgan fingerprint density at radius 1 is 0.958 bits per heavy atom. The van der Waals surface area contributed by atoms with Crippen LogP contribution in [0.5, 0.6) is 5.75 Å². The Morgan fingerprint density at radius 3 is 2.46 bits per heavy atom. The molecule has 124 valence electrons. The van der Waals surface area contributed by atoms with Crippen molar-refractivity contribution in [2.45, 2.75) is 13.0 Å². The van der Waals surface area contributed by atoms with Crippen molar-refractivity contribution < 1.29 is 5.11 Å². The fourth-order valence-corrected chi connectivity index (χ4v) is 3.14. The van der Waals surface area contributed by atoms with E-state index in [4.69, 9.17) is 5.26 Å². The van der Waals surface area contributed by atoms with E-state index < -0.39 is 0 Å². The lowest BCUT2D eigenvalue weighted by Crippen LogP contribution is -2.46. The summed E-state index contributed by atoms with van der Waals surface area (Å²) >= 11 is 0. The van der Waals surface area contributed by atoms with Crippen molar-refractivity contribution >= 4 is 0 Å². The van der Waals surface area contributed by atoms with Crippen molar-refractivity contribution in [1.82, 2.24) is 9.80 Å². The minimum absolute atomic E-state index is 0.386. The molecule has 0 bridgehead atoms. The van der Waals surface area contributed by atoms with Gasteiger partial charge in [-0.05, 0) is 30.2 Å². The summed E-state index contributed by atoms with van der Waals surface area (Å²) in [6.07, 6.45) is 0.981. The number of hydrogen-bond acceptors (Lipinski definition) is 4. The summed E-state index contributed by atoms with van der Waals surface area (Å²) in [6, 6.07) is 17.6. The van der Waals surface area contributed by atoms with E-state index in [1.165, 1.54) is 5.56 Å². The largest absolute Gasteiger partial charge is 0.508 e. The Kier molecular flexibility index (Phi) is 5.47. The van der Waals surface area contributed by atoms with Crippen LogP contribution in [0.15, 0.2) is 48.5 Å². The van der Waals surface area contributed by atoms with Gasteiger partial charge < -0.3 is 10.0 Å². The Morgan fingerprint density at radius 2 is 1.71 bits per heavy atom. The molecule has 0 aromatic heterocycles. The zero-order valence-electron chi connectivity index (χ0n) is 13.9. The van der Waals surface area contributed by atoms with Gasteiger partial charge in [0, 0.05) is 44.8 Å². The van der Waals surface area contributed by atoms with Crippen LogP contribution in [-0.4, -0.2) is 47.6 Å². The van der Waals surface area contributed by atoms with Crippen LogP contribution in [0.25, 0.3) is 0 Å². The summed E-state index contributed by atoms with van der Waals surface area (Å²) in [6.45, 7) is 5.97. The lowest BCUT2D eigenvalue weighted by atomic mass is 10.1. The molecule has 0 spiro atoms. The summed E-state index contributed by atoms with van der Waals surface area (Å²) in [4.78, 5) is 4.86. The first-order valence-corrected chi connectivity index (χ1v) is 8.45. The molecule has 4 nitrogen and oxygen atoms in total. The zero-order valence-corrected chi connectivity index (χ0v) is 13.9. The van der Waals surface area contributed by atoms with Crippen molar-refractivity contribution in [3.63, 3.8) is 0 Å². The van der Waals surface area contributed by atoms with Crippen LogP contribution in [0.1, 0.15) is 16.7 Å². The number of nitriles is 1. The number of hydrogen-bond donors (Lipinski definition) is 1. The number of aromatic hydroxyl groups is 1. The lowest BCUT2D eigenvalue weighted by Gasteiger charge is -2.34. The number of para-hydroxylation sites is 1. The molecule has 1 N–H and O–H groups in total. The number of nitrogens with zero attached hydrogens (tertiary/aromatic N) is 3. The highest BCUT2D eigenvalue weighted by molar-refractivity contribution is 5.33. The minimum atomic E-state index is 0.386. The predicted octanol–water partition coefficient (Wildman–Crippen LogP) is 2.62. The molecular weight excluding hydrogens is 298 g/mol. The molecule has 0 saturated carbocycles. The summed E-state index contributed by atoms with van der Waals surface area (Å²) in [5, 5.41) is 18.9. The summed E-state index contributed by atoms with van der Waals surface area (Å²) in [5.41, 5.74) is 2.96. The van der Waals surface area contributed by atoms with Gasteiger partial charge >= 0.3 is 0 Å². The summed E-state index contributed by atoms with van der Waals surface area (Å²) in [7, 11) is 0. The number of phenols is 1. The van der Waals surface area contributed by atoms with Crippen LogP contribution in [0.2, 0.25) is 0 Å². The molecule has 1 aliphatic rings. The van der Waals surface area contributed by atoms with Crippen molar-refractivity contribution in [2.24, 2.45) is 0 Å². The van der Waals surface area contributed by atoms with Gasteiger partial charge in [0.05, 0.1) is 11.6 Å². The van der Waals surface area contributed by atoms with E-state index in [0.29, 0.717) is 5.75 Å². The van der Waals surface area contributed by atoms with Crippen molar-refractivity contribution in [3.8, 4) is 11.8 Å². The summed E-state index contributed by atoms with van der Waals surface area (Å²) < 4.78 is 0. The van der Waals surface area contributed by atoms with Gasteiger partial charge in [-0.25, -0.2) is 0 Å². The molecule has 0 aliphatic carbocycles.